The van der Waals surface area contributed by atoms with Crippen LogP contribution in [0, 0.1) is 0 Å². The molecule has 1 heterocycles. The number of ether oxygens (including phenoxy) is 2. The molecule has 1 unspecified atom stereocenters. The van der Waals surface area contributed by atoms with Crippen LogP contribution in [0.4, 0.5) is 0 Å². The molecule has 0 aromatic carbocycles. The number of nitrogens with zero attached hydrogens (tertiary/aromatic N) is 1. The third-order valence-corrected chi connectivity index (χ3v) is 5.66. The van der Waals surface area contributed by atoms with E-state index in [4.69, 9.17) is 9.47 Å². The first-order valence-corrected chi connectivity index (χ1v) is 13.0. The van der Waals surface area contributed by atoms with Crippen molar-refractivity contribution in [1.82, 2.24) is 4.98 Å². The van der Waals surface area contributed by atoms with E-state index in [1.54, 1.807) is 18.2 Å². The fourth-order valence-corrected chi connectivity index (χ4v) is 3.72. The fourth-order valence-electron chi connectivity index (χ4n) is 3.72. The third kappa shape index (κ3) is 12.8. The zero-order chi connectivity index (χ0) is 23.4. The van der Waals surface area contributed by atoms with Crippen molar-refractivity contribution in [3.63, 3.8) is 0 Å². The van der Waals surface area contributed by atoms with Crippen molar-refractivity contribution in [3.05, 3.63) is 29.6 Å². The third-order valence-electron chi connectivity index (χ3n) is 5.66. The molecular weight excluding hydrogens is 402 g/mol. The summed E-state index contributed by atoms with van der Waals surface area (Å²) in [4.78, 5) is 29.0. The molecule has 5 nitrogen and oxygen atoms in total. The molecule has 1 rings (SSSR count). The Hall–Kier alpha value is -1.91. The Bertz CT molecular complexity index is 632. The summed E-state index contributed by atoms with van der Waals surface area (Å²) >= 11 is 0. The van der Waals surface area contributed by atoms with Crippen LogP contribution in [0.2, 0.25) is 0 Å². The molecule has 1 aromatic heterocycles. The maximum atomic E-state index is 12.5. The summed E-state index contributed by atoms with van der Waals surface area (Å²) in [5, 5.41) is 0. The van der Waals surface area contributed by atoms with E-state index < -0.39 is 11.9 Å². The molecule has 0 fully saturated rings. The van der Waals surface area contributed by atoms with Gasteiger partial charge in [-0.1, -0.05) is 104 Å². The van der Waals surface area contributed by atoms with Crippen molar-refractivity contribution in [1.29, 1.82) is 0 Å². The van der Waals surface area contributed by atoms with Crippen molar-refractivity contribution in [2.45, 2.75) is 123 Å². The second-order valence-electron chi connectivity index (χ2n) is 8.68. The summed E-state index contributed by atoms with van der Waals surface area (Å²) in [7, 11) is 0. The second-order valence-corrected chi connectivity index (χ2v) is 8.68. The molecule has 0 radical (unpaired) electrons. The maximum Gasteiger partial charge on any atom is 0.357 e. The monoisotopic (exact) mass is 447 g/mol. The number of pyridine rings is 1. The lowest BCUT2D eigenvalue weighted by atomic mass is 10.1. The molecule has 1 aromatic rings. The highest BCUT2D eigenvalue weighted by molar-refractivity contribution is 5.91. The van der Waals surface area contributed by atoms with Crippen LogP contribution in [0.3, 0.4) is 0 Å². The van der Waals surface area contributed by atoms with Gasteiger partial charge in [0.25, 0.3) is 0 Å². The summed E-state index contributed by atoms with van der Waals surface area (Å²) in [5.74, 6) is -0.949. The number of carbonyl (C=O) groups excluding carboxylic acids is 2. The molecule has 0 aliphatic carbocycles. The Morgan fingerprint density at radius 1 is 0.719 bits per heavy atom. The highest BCUT2D eigenvalue weighted by atomic mass is 16.5. The van der Waals surface area contributed by atoms with Crippen LogP contribution in [0.1, 0.15) is 138 Å². The fraction of sp³-hybridized carbons (Fsp3) is 0.741. The lowest BCUT2D eigenvalue weighted by molar-refractivity contribution is 0.0247. The van der Waals surface area contributed by atoms with Crippen LogP contribution in [0.5, 0.6) is 0 Å². The first kappa shape index (κ1) is 28.1. The lowest BCUT2D eigenvalue weighted by Crippen LogP contribution is -2.20. The predicted octanol–water partition coefficient (Wildman–Crippen LogP) is 7.68. The lowest BCUT2D eigenvalue weighted by Gasteiger charge is -2.16. The van der Waals surface area contributed by atoms with Gasteiger partial charge in [0.2, 0.25) is 0 Å². The van der Waals surface area contributed by atoms with E-state index in [1.165, 1.54) is 51.4 Å². The number of aromatic nitrogens is 1. The summed E-state index contributed by atoms with van der Waals surface area (Å²) < 4.78 is 11.0. The molecule has 1 atom stereocenters. The molecule has 0 N–H and O–H groups in total. The minimum atomic E-state index is -0.480. The van der Waals surface area contributed by atoms with Crippen molar-refractivity contribution in [3.8, 4) is 0 Å². The van der Waals surface area contributed by atoms with Gasteiger partial charge < -0.3 is 9.47 Å². The van der Waals surface area contributed by atoms with Crippen LogP contribution in [-0.4, -0.2) is 29.6 Å². The van der Waals surface area contributed by atoms with Gasteiger partial charge in [0.05, 0.1) is 6.61 Å². The standard InChI is InChI=1S/C27H45NO4/c1-4-7-9-10-11-12-13-14-15-16-22-31-26(29)24-20-17-21-25(28-24)27(30)32-23(18-6-3)19-8-5-2/h17,20-21,23H,4-16,18-19,22H2,1-3H3. The van der Waals surface area contributed by atoms with Gasteiger partial charge in [-0.3, -0.25) is 0 Å². The second kappa shape index (κ2) is 18.6. The van der Waals surface area contributed by atoms with E-state index in [1.807, 2.05) is 0 Å². The number of carbonyl (C=O) groups is 2. The van der Waals surface area contributed by atoms with E-state index in [2.05, 4.69) is 25.8 Å². The Labute approximate surface area is 195 Å². The Balaban J connectivity index is 2.31. The van der Waals surface area contributed by atoms with Gasteiger partial charge in [0.1, 0.15) is 17.5 Å². The minimum absolute atomic E-state index is 0.0961. The molecule has 0 aliphatic rings. The first-order chi connectivity index (χ1) is 15.6. The normalized spacial score (nSPS) is 11.8. The quantitative estimate of drug-likeness (QED) is 0.161. The van der Waals surface area contributed by atoms with Crippen LogP contribution < -0.4 is 0 Å². The molecule has 0 aliphatic heterocycles. The topological polar surface area (TPSA) is 65.5 Å². The van der Waals surface area contributed by atoms with E-state index in [0.29, 0.717) is 6.61 Å². The van der Waals surface area contributed by atoms with Gasteiger partial charge >= 0.3 is 11.9 Å². The average molecular weight is 448 g/mol. The van der Waals surface area contributed by atoms with Gasteiger partial charge in [0.15, 0.2) is 0 Å². The van der Waals surface area contributed by atoms with Crippen molar-refractivity contribution >= 4 is 11.9 Å². The van der Waals surface area contributed by atoms with Crippen LogP contribution in [0.25, 0.3) is 0 Å². The van der Waals surface area contributed by atoms with Gasteiger partial charge in [0, 0.05) is 0 Å². The van der Waals surface area contributed by atoms with Gasteiger partial charge in [-0.25, -0.2) is 14.6 Å². The number of hydrogen-bond acceptors (Lipinski definition) is 5. The van der Waals surface area contributed by atoms with Gasteiger partial charge in [-0.2, -0.15) is 0 Å². The zero-order valence-corrected chi connectivity index (χ0v) is 20.7. The van der Waals surface area contributed by atoms with Crippen molar-refractivity contribution in [2.75, 3.05) is 6.61 Å². The molecule has 0 saturated heterocycles. The van der Waals surface area contributed by atoms with E-state index >= 15 is 0 Å². The van der Waals surface area contributed by atoms with Crippen LogP contribution >= 0.6 is 0 Å². The maximum absolute atomic E-state index is 12.5. The summed E-state index contributed by atoms with van der Waals surface area (Å²) in [6, 6.07) is 4.82. The number of esters is 2. The van der Waals surface area contributed by atoms with Crippen LogP contribution in [-0.2, 0) is 9.47 Å². The van der Waals surface area contributed by atoms with E-state index in [-0.39, 0.29) is 17.5 Å². The van der Waals surface area contributed by atoms with Gasteiger partial charge in [-0.05, 0) is 31.4 Å². The SMILES string of the molecule is CCCCCCCCCCCCOC(=O)c1cccc(C(=O)OC(CCC)CCCC)n1. The largest absolute Gasteiger partial charge is 0.461 e. The highest BCUT2D eigenvalue weighted by Gasteiger charge is 2.18. The summed E-state index contributed by atoms with van der Waals surface area (Å²) in [6.07, 6.45) is 17.0. The molecule has 182 valence electrons. The number of hydrogen-bond donors (Lipinski definition) is 0. The molecule has 0 saturated carbocycles. The van der Waals surface area contributed by atoms with Crippen LogP contribution in [0.15, 0.2) is 18.2 Å². The minimum Gasteiger partial charge on any atom is -0.461 e. The molecule has 0 spiro atoms. The molecule has 32 heavy (non-hydrogen) atoms. The molecule has 0 bridgehead atoms. The predicted molar refractivity (Wildman–Crippen MR) is 130 cm³/mol. The van der Waals surface area contributed by atoms with E-state index in [0.717, 1.165) is 44.9 Å². The Kier molecular flexibility index (Phi) is 16.4. The smallest absolute Gasteiger partial charge is 0.357 e. The Morgan fingerprint density at radius 2 is 1.28 bits per heavy atom. The number of unbranched alkanes of at least 4 members (excludes halogenated alkanes) is 10. The van der Waals surface area contributed by atoms with Crippen molar-refractivity contribution < 1.29 is 19.1 Å². The average Bonchev–Trinajstić information content (AvgIpc) is 2.81. The summed E-state index contributed by atoms with van der Waals surface area (Å²) in [6.45, 7) is 6.83. The van der Waals surface area contributed by atoms with Gasteiger partial charge in [-0.15, -0.1) is 0 Å². The van der Waals surface area contributed by atoms with E-state index in [9.17, 15) is 9.59 Å². The highest BCUT2D eigenvalue weighted by Crippen LogP contribution is 2.14. The zero-order valence-electron chi connectivity index (χ0n) is 20.7. The number of rotatable bonds is 19. The Morgan fingerprint density at radius 3 is 1.88 bits per heavy atom. The first-order valence-electron chi connectivity index (χ1n) is 13.0. The van der Waals surface area contributed by atoms with Crippen molar-refractivity contribution in [2.24, 2.45) is 0 Å². The molecular formula is C27H45NO4. The molecule has 0 amide bonds. The summed E-state index contributed by atoms with van der Waals surface area (Å²) in [5.41, 5.74) is 0.322. The molecule has 5 heteroatoms.